The SMILES string of the molecule is COc1cccc([C@@H]2[C@H]3CC(=O)C=C[C@H]3C(=O)N2C(C)(C)C)c1. The van der Waals surface area contributed by atoms with Crippen molar-refractivity contribution in [1.82, 2.24) is 4.90 Å². The van der Waals surface area contributed by atoms with Crippen molar-refractivity contribution >= 4 is 11.7 Å². The van der Waals surface area contributed by atoms with Crippen molar-refractivity contribution in [1.29, 1.82) is 0 Å². The van der Waals surface area contributed by atoms with Crippen molar-refractivity contribution in [2.45, 2.75) is 38.8 Å². The molecule has 0 spiro atoms. The zero-order chi connectivity index (χ0) is 16.8. The van der Waals surface area contributed by atoms with Gasteiger partial charge in [-0.2, -0.15) is 0 Å². The zero-order valence-electron chi connectivity index (χ0n) is 14.1. The average molecular weight is 313 g/mol. The highest BCUT2D eigenvalue weighted by Crippen LogP contribution is 2.49. The Balaban J connectivity index is 2.10. The van der Waals surface area contributed by atoms with E-state index in [0.717, 1.165) is 11.3 Å². The van der Waals surface area contributed by atoms with Crippen LogP contribution in [0.4, 0.5) is 0 Å². The van der Waals surface area contributed by atoms with Crippen molar-refractivity contribution in [3.63, 3.8) is 0 Å². The van der Waals surface area contributed by atoms with Crippen LogP contribution in [0.1, 0.15) is 38.8 Å². The molecule has 0 aromatic heterocycles. The predicted molar refractivity (Wildman–Crippen MR) is 88.1 cm³/mol. The molecule has 1 saturated heterocycles. The third-order valence-corrected chi connectivity index (χ3v) is 4.75. The predicted octanol–water partition coefficient (Wildman–Crippen LogP) is 3.14. The molecule has 4 nitrogen and oxygen atoms in total. The first kappa shape index (κ1) is 15.8. The summed E-state index contributed by atoms with van der Waals surface area (Å²) in [5, 5.41) is 0. The molecule has 1 aliphatic heterocycles. The summed E-state index contributed by atoms with van der Waals surface area (Å²) in [6.07, 6.45) is 3.77. The van der Waals surface area contributed by atoms with E-state index in [2.05, 4.69) is 0 Å². The lowest BCUT2D eigenvalue weighted by atomic mass is 9.79. The maximum atomic E-state index is 13.0. The molecule has 122 valence electrons. The van der Waals surface area contributed by atoms with Gasteiger partial charge in [-0.3, -0.25) is 9.59 Å². The van der Waals surface area contributed by atoms with Gasteiger partial charge in [0, 0.05) is 17.9 Å². The number of ether oxygens (including phenoxy) is 1. The Morgan fingerprint density at radius 1 is 1.22 bits per heavy atom. The number of hydrogen-bond donors (Lipinski definition) is 0. The third kappa shape index (κ3) is 2.67. The number of carbonyl (C=O) groups excluding carboxylic acids is 2. The van der Waals surface area contributed by atoms with Crippen LogP contribution in [0, 0.1) is 11.8 Å². The van der Waals surface area contributed by atoms with Crippen molar-refractivity contribution in [2.24, 2.45) is 11.8 Å². The number of nitrogens with zero attached hydrogens (tertiary/aromatic N) is 1. The van der Waals surface area contributed by atoms with E-state index >= 15 is 0 Å². The van der Waals surface area contributed by atoms with Crippen molar-refractivity contribution < 1.29 is 14.3 Å². The Labute approximate surface area is 137 Å². The maximum Gasteiger partial charge on any atom is 0.230 e. The van der Waals surface area contributed by atoms with Crippen molar-refractivity contribution in [2.75, 3.05) is 7.11 Å². The first-order valence-electron chi connectivity index (χ1n) is 8.01. The van der Waals surface area contributed by atoms with Gasteiger partial charge < -0.3 is 9.64 Å². The molecule has 0 unspecified atom stereocenters. The first-order chi connectivity index (χ1) is 10.8. The van der Waals surface area contributed by atoms with Gasteiger partial charge in [-0.25, -0.2) is 0 Å². The number of benzene rings is 1. The average Bonchev–Trinajstić information content (AvgIpc) is 2.79. The van der Waals surface area contributed by atoms with Gasteiger partial charge in [0.2, 0.25) is 5.91 Å². The van der Waals surface area contributed by atoms with E-state index in [1.54, 1.807) is 19.3 Å². The lowest BCUT2D eigenvalue weighted by Crippen LogP contribution is -2.44. The highest BCUT2D eigenvalue weighted by molar-refractivity contribution is 5.95. The van der Waals surface area contributed by atoms with E-state index < -0.39 is 0 Å². The fraction of sp³-hybridized carbons (Fsp3) is 0.474. The minimum atomic E-state index is -0.306. The maximum absolute atomic E-state index is 13.0. The minimum absolute atomic E-state index is 0.00803. The normalized spacial score (nSPS) is 27.3. The Morgan fingerprint density at radius 2 is 1.96 bits per heavy atom. The molecule has 1 heterocycles. The number of allylic oxidation sites excluding steroid dienone is 1. The Hall–Kier alpha value is -2.10. The number of rotatable bonds is 2. The topological polar surface area (TPSA) is 46.6 Å². The molecular formula is C19H23NO3. The summed E-state index contributed by atoms with van der Waals surface area (Å²) in [7, 11) is 1.64. The van der Waals surface area contributed by atoms with E-state index in [-0.39, 0.29) is 35.1 Å². The second-order valence-electron chi connectivity index (χ2n) is 7.32. The summed E-state index contributed by atoms with van der Waals surface area (Å²) in [4.78, 5) is 26.8. The van der Waals surface area contributed by atoms with E-state index in [1.807, 2.05) is 49.9 Å². The van der Waals surface area contributed by atoms with Crippen LogP contribution in [0.25, 0.3) is 0 Å². The van der Waals surface area contributed by atoms with Crippen LogP contribution < -0.4 is 4.74 Å². The van der Waals surface area contributed by atoms with Gasteiger partial charge in [-0.15, -0.1) is 0 Å². The van der Waals surface area contributed by atoms with Gasteiger partial charge >= 0.3 is 0 Å². The number of hydrogen-bond acceptors (Lipinski definition) is 3. The summed E-state index contributed by atoms with van der Waals surface area (Å²) in [6, 6.07) is 7.72. The summed E-state index contributed by atoms with van der Waals surface area (Å²) < 4.78 is 5.33. The summed E-state index contributed by atoms with van der Waals surface area (Å²) >= 11 is 0. The number of ketones is 1. The van der Waals surface area contributed by atoms with Crippen LogP contribution in [0.3, 0.4) is 0 Å². The van der Waals surface area contributed by atoms with Crippen LogP contribution in [0.5, 0.6) is 5.75 Å². The minimum Gasteiger partial charge on any atom is -0.497 e. The lowest BCUT2D eigenvalue weighted by Gasteiger charge is -2.39. The van der Waals surface area contributed by atoms with Crippen LogP contribution in [0.2, 0.25) is 0 Å². The standard InChI is InChI=1S/C19H23NO3/c1-19(2,3)20-17(12-6-5-7-14(10-12)23-4)16-11-13(21)8-9-15(16)18(20)22/h5-10,15-17H,11H2,1-4H3/t15-,16+,17-/m1/s1. The molecule has 1 aromatic rings. The number of amides is 1. The highest BCUT2D eigenvalue weighted by atomic mass is 16.5. The second-order valence-corrected chi connectivity index (χ2v) is 7.32. The molecule has 0 radical (unpaired) electrons. The Bertz CT molecular complexity index is 671. The fourth-order valence-corrected chi connectivity index (χ4v) is 3.81. The third-order valence-electron chi connectivity index (χ3n) is 4.75. The molecule has 0 bridgehead atoms. The number of fused-ring (bicyclic) bond motifs is 1. The molecule has 4 heteroatoms. The van der Waals surface area contributed by atoms with E-state index in [4.69, 9.17) is 4.74 Å². The van der Waals surface area contributed by atoms with E-state index in [1.165, 1.54) is 0 Å². The summed E-state index contributed by atoms with van der Waals surface area (Å²) in [5.41, 5.74) is 0.724. The molecule has 3 rings (SSSR count). The molecule has 1 fully saturated rings. The van der Waals surface area contributed by atoms with Crippen LogP contribution in [0.15, 0.2) is 36.4 Å². The molecule has 0 N–H and O–H groups in total. The van der Waals surface area contributed by atoms with Crippen molar-refractivity contribution in [3.8, 4) is 5.75 Å². The van der Waals surface area contributed by atoms with Gasteiger partial charge in [0.1, 0.15) is 5.75 Å². The number of likely N-dealkylation sites (tertiary alicyclic amines) is 1. The molecule has 1 amide bonds. The zero-order valence-corrected chi connectivity index (χ0v) is 14.1. The number of methoxy groups -OCH3 is 1. The quantitative estimate of drug-likeness (QED) is 0.842. The van der Waals surface area contributed by atoms with Gasteiger partial charge in [0.25, 0.3) is 0 Å². The van der Waals surface area contributed by atoms with Gasteiger partial charge in [-0.1, -0.05) is 18.2 Å². The van der Waals surface area contributed by atoms with E-state index in [9.17, 15) is 9.59 Å². The highest BCUT2D eigenvalue weighted by Gasteiger charge is 2.52. The second kappa shape index (κ2) is 5.52. The van der Waals surface area contributed by atoms with Gasteiger partial charge in [-0.05, 0) is 44.5 Å². The molecule has 3 atom stereocenters. The van der Waals surface area contributed by atoms with Crippen LogP contribution >= 0.6 is 0 Å². The molecule has 0 saturated carbocycles. The smallest absolute Gasteiger partial charge is 0.230 e. The largest absolute Gasteiger partial charge is 0.497 e. The molecular weight excluding hydrogens is 290 g/mol. The molecule has 2 aliphatic rings. The molecule has 23 heavy (non-hydrogen) atoms. The Morgan fingerprint density at radius 3 is 2.61 bits per heavy atom. The number of carbonyl (C=O) groups is 2. The monoisotopic (exact) mass is 313 g/mol. The Kier molecular flexibility index (Phi) is 3.78. The van der Waals surface area contributed by atoms with Crippen LogP contribution in [-0.2, 0) is 9.59 Å². The molecule has 1 aromatic carbocycles. The fourth-order valence-electron chi connectivity index (χ4n) is 3.81. The van der Waals surface area contributed by atoms with E-state index in [0.29, 0.717) is 6.42 Å². The lowest BCUT2D eigenvalue weighted by molar-refractivity contribution is -0.135. The summed E-state index contributed by atoms with van der Waals surface area (Å²) in [5.74, 6) is 0.765. The van der Waals surface area contributed by atoms with Crippen LogP contribution in [-0.4, -0.2) is 29.2 Å². The first-order valence-corrected chi connectivity index (χ1v) is 8.01. The van der Waals surface area contributed by atoms with Crippen molar-refractivity contribution in [3.05, 3.63) is 42.0 Å². The van der Waals surface area contributed by atoms with Gasteiger partial charge in [0.15, 0.2) is 5.78 Å². The van der Waals surface area contributed by atoms with Gasteiger partial charge in [0.05, 0.1) is 19.1 Å². The summed E-state index contributed by atoms with van der Waals surface area (Å²) in [6.45, 7) is 6.13. The molecule has 1 aliphatic carbocycles.